The van der Waals surface area contributed by atoms with Crippen LogP contribution in [0.15, 0.2) is 188 Å². The van der Waals surface area contributed by atoms with Gasteiger partial charge in [-0.2, -0.15) is 0 Å². The zero-order chi connectivity index (χ0) is 38.5. The minimum atomic E-state index is -0.123. The van der Waals surface area contributed by atoms with Gasteiger partial charge >= 0.3 is 0 Å². The summed E-state index contributed by atoms with van der Waals surface area (Å²) in [6.45, 7) is 9.49. The molecule has 0 saturated heterocycles. The second kappa shape index (κ2) is 12.4. The largest absolute Gasteiger partial charge is 0.309 e. The van der Waals surface area contributed by atoms with E-state index in [1.54, 1.807) is 0 Å². The molecule has 0 spiro atoms. The van der Waals surface area contributed by atoms with Crippen molar-refractivity contribution in [3.8, 4) is 44.5 Å². The first-order valence-electron chi connectivity index (χ1n) is 20.2. The Balaban J connectivity index is 1.14. The maximum absolute atomic E-state index is 2.51. The molecule has 2 aliphatic rings. The van der Waals surface area contributed by atoms with E-state index in [9.17, 15) is 0 Å². The second-order valence-corrected chi connectivity index (χ2v) is 16.9. The number of hydrogen-bond acceptors (Lipinski definition) is 1. The molecular weight excluding hydrogens is 687 g/mol. The van der Waals surface area contributed by atoms with Gasteiger partial charge in [-0.25, -0.2) is 0 Å². The molecule has 0 saturated carbocycles. The number of fused-ring (bicyclic) bond motifs is 9. The van der Waals surface area contributed by atoms with Crippen LogP contribution in [0.25, 0.3) is 66.1 Å². The van der Waals surface area contributed by atoms with E-state index in [1.165, 1.54) is 88.3 Å². The van der Waals surface area contributed by atoms with Crippen molar-refractivity contribution in [3.05, 3.63) is 210 Å². The molecule has 0 aliphatic heterocycles. The molecule has 1 nitrogen and oxygen atoms in total. The van der Waals surface area contributed by atoms with E-state index >= 15 is 0 Å². The number of rotatable bonds is 5. The van der Waals surface area contributed by atoms with Crippen LogP contribution in [0.5, 0.6) is 0 Å². The van der Waals surface area contributed by atoms with Crippen molar-refractivity contribution in [1.82, 2.24) is 0 Å². The van der Waals surface area contributed by atoms with Crippen LogP contribution in [0, 0.1) is 0 Å². The molecule has 272 valence electrons. The average Bonchev–Trinajstić information content (AvgIpc) is 3.63. The Morgan fingerprint density at radius 2 is 0.912 bits per heavy atom. The minimum Gasteiger partial charge on any atom is -0.309 e. The van der Waals surface area contributed by atoms with Crippen molar-refractivity contribution < 1.29 is 0 Å². The summed E-state index contributed by atoms with van der Waals surface area (Å²) in [5.74, 6) is 0. The summed E-state index contributed by atoms with van der Waals surface area (Å²) in [7, 11) is 0. The fourth-order valence-electron chi connectivity index (χ4n) is 10.3. The number of nitrogens with zero attached hydrogens (tertiary/aromatic N) is 1. The maximum Gasteiger partial charge on any atom is 0.0540 e. The number of hydrogen-bond donors (Lipinski definition) is 0. The predicted octanol–water partition coefficient (Wildman–Crippen LogP) is 15.4. The van der Waals surface area contributed by atoms with Crippen molar-refractivity contribution in [1.29, 1.82) is 0 Å². The van der Waals surface area contributed by atoms with Crippen LogP contribution in [0.1, 0.15) is 49.9 Å². The summed E-state index contributed by atoms with van der Waals surface area (Å²) in [6.07, 6.45) is 0. The molecule has 2 aliphatic carbocycles. The van der Waals surface area contributed by atoms with Gasteiger partial charge in [0.2, 0.25) is 0 Å². The summed E-state index contributed by atoms with van der Waals surface area (Å²) in [5.41, 5.74) is 19.1. The quantitative estimate of drug-likeness (QED) is 0.159. The van der Waals surface area contributed by atoms with Crippen molar-refractivity contribution in [2.75, 3.05) is 4.90 Å². The predicted molar refractivity (Wildman–Crippen MR) is 242 cm³/mol. The zero-order valence-corrected chi connectivity index (χ0v) is 32.8. The first-order valence-corrected chi connectivity index (χ1v) is 20.2. The molecule has 0 unspecified atom stereocenters. The van der Waals surface area contributed by atoms with Crippen LogP contribution in [0.3, 0.4) is 0 Å². The van der Waals surface area contributed by atoms with Gasteiger partial charge in [-0.05, 0) is 108 Å². The Hall–Kier alpha value is -6.70. The van der Waals surface area contributed by atoms with Crippen LogP contribution >= 0.6 is 0 Å². The fraction of sp³-hybridized carbons (Fsp3) is 0.107. The lowest BCUT2D eigenvalue weighted by molar-refractivity contribution is 0.660. The highest BCUT2D eigenvalue weighted by Crippen LogP contribution is 2.54. The Kier molecular flexibility index (Phi) is 7.32. The highest BCUT2D eigenvalue weighted by atomic mass is 15.1. The Bertz CT molecular complexity index is 3090. The van der Waals surface area contributed by atoms with Crippen molar-refractivity contribution >= 4 is 38.6 Å². The summed E-state index contributed by atoms with van der Waals surface area (Å²) in [4.78, 5) is 2.51. The molecular formula is C56H43N. The maximum atomic E-state index is 2.51. The van der Waals surface area contributed by atoms with Gasteiger partial charge in [-0.1, -0.05) is 185 Å². The van der Waals surface area contributed by atoms with Crippen LogP contribution < -0.4 is 4.90 Å². The van der Waals surface area contributed by atoms with Gasteiger partial charge in [0.1, 0.15) is 0 Å². The monoisotopic (exact) mass is 729 g/mol. The van der Waals surface area contributed by atoms with Gasteiger partial charge in [-0.3, -0.25) is 0 Å². The SMILES string of the molecule is CC1(C)c2ccccc2-c2ccc(-c3ccccc3N(c3cccc(-c4cccc5c4C(C)(C)c4ccccc4-5)c3)c3cccc4c3ccc3ccccc34)cc21. The topological polar surface area (TPSA) is 3.24 Å². The van der Waals surface area contributed by atoms with Crippen LogP contribution in [-0.4, -0.2) is 0 Å². The normalized spacial score (nSPS) is 14.2. The molecule has 11 rings (SSSR count). The Labute approximate surface area is 335 Å². The fourth-order valence-corrected chi connectivity index (χ4v) is 10.3. The molecule has 1 heteroatoms. The van der Waals surface area contributed by atoms with E-state index in [0.717, 1.165) is 17.1 Å². The molecule has 0 aromatic heterocycles. The van der Waals surface area contributed by atoms with Gasteiger partial charge < -0.3 is 4.90 Å². The summed E-state index contributed by atoms with van der Waals surface area (Å²) in [6, 6.07) is 70.1. The average molecular weight is 730 g/mol. The van der Waals surface area contributed by atoms with E-state index in [4.69, 9.17) is 0 Å². The molecule has 9 aromatic rings. The van der Waals surface area contributed by atoms with Crippen LogP contribution in [0.4, 0.5) is 17.1 Å². The molecule has 57 heavy (non-hydrogen) atoms. The van der Waals surface area contributed by atoms with Crippen molar-refractivity contribution in [2.24, 2.45) is 0 Å². The highest BCUT2D eigenvalue weighted by molar-refractivity contribution is 6.13. The molecule has 0 radical (unpaired) electrons. The van der Waals surface area contributed by atoms with Crippen molar-refractivity contribution in [3.63, 3.8) is 0 Å². The van der Waals surface area contributed by atoms with E-state index in [2.05, 4.69) is 221 Å². The minimum absolute atomic E-state index is 0.0923. The van der Waals surface area contributed by atoms with Gasteiger partial charge in [-0.15, -0.1) is 0 Å². The molecule has 0 fully saturated rings. The van der Waals surface area contributed by atoms with Crippen LogP contribution in [-0.2, 0) is 10.8 Å². The standard InChI is InChI=1S/C56H43N/c1-55(2)49-26-10-7-21-44(49)46-32-31-38(35-51(46)55)41-20-9-12-28-52(41)57(53-29-15-24-43-40-19-6-5-16-36(40)30-33-47(43)53)39-18-13-17-37(34-39)42-23-14-25-48-45-22-8-11-27-50(45)56(3,4)54(42)48/h5-35H,1-4H3. The number of para-hydroxylation sites is 1. The summed E-state index contributed by atoms with van der Waals surface area (Å²) < 4.78 is 0. The number of anilines is 3. The molecule has 0 bridgehead atoms. The van der Waals surface area contributed by atoms with E-state index in [-0.39, 0.29) is 10.8 Å². The lowest BCUT2D eigenvalue weighted by Gasteiger charge is -2.30. The third-order valence-corrected chi connectivity index (χ3v) is 13.0. The summed E-state index contributed by atoms with van der Waals surface area (Å²) >= 11 is 0. The van der Waals surface area contributed by atoms with Gasteiger partial charge in [0, 0.05) is 27.5 Å². The highest BCUT2D eigenvalue weighted by Gasteiger charge is 2.38. The second-order valence-electron chi connectivity index (χ2n) is 16.9. The van der Waals surface area contributed by atoms with Gasteiger partial charge in [0.25, 0.3) is 0 Å². The molecule has 0 heterocycles. The molecule has 0 atom stereocenters. The summed E-state index contributed by atoms with van der Waals surface area (Å²) in [5, 5.41) is 4.99. The van der Waals surface area contributed by atoms with Gasteiger partial charge in [0.05, 0.1) is 11.4 Å². The first kappa shape index (κ1) is 33.6. The lowest BCUT2D eigenvalue weighted by atomic mass is 9.79. The van der Waals surface area contributed by atoms with Gasteiger partial charge in [0.15, 0.2) is 0 Å². The third kappa shape index (κ3) is 4.95. The van der Waals surface area contributed by atoms with E-state index in [0.29, 0.717) is 0 Å². The van der Waals surface area contributed by atoms with E-state index < -0.39 is 0 Å². The Morgan fingerprint density at radius 3 is 1.75 bits per heavy atom. The molecule has 9 aromatic carbocycles. The van der Waals surface area contributed by atoms with Crippen LogP contribution in [0.2, 0.25) is 0 Å². The lowest BCUT2D eigenvalue weighted by Crippen LogP contribution is -2.16. The molecule has 0 N–H and O–H groups in total. The first-order chi connectivity index (χ1) is 27.8. The molecule has 0 amide bonds. The number of benzene rings is 9. The smallest absolute Gasteiger partial charge is 0.0540 e. The van der Waals surface area contributed by atoms with Crippen molar-refractivity contribution in [2.45, 2.75) is 38.5 Å². The third-order valence-electron chi connectivity index (χ3n) is 13.0. The Morgan fingerprint density at radius 1 is 0.333 bits per heavy atom. The van der Waals surface area contributed by atoms with E-state index in [1.807, 2.05) is 0 Å². The zero-order valence-electron chi connectivity index (χ0n) is 32.8.